The molecule has 0 aliphatic carbocycles. The van der Waals surface area contributed by atoms with Gasteiger partial charge in [-0.05, 0) is 12.1 Å². The molecule has 0 saturated heterocycles. The van der Waals surface area contributed by atoms with Crippen LogP contribution in [0.4, 0.5) is 17.1 Å². The highest BCUT2D eigenvalue weighted by atomic mass is 35.5. The number of aromatic hydroxyl groups is 1. The summed E-state index contributed by atoms with van der Waals surface area (Å²) < 4.78 is 0. The monoisotopic (exact) mass is 336 g/mol. The minimum atomic E-state index is -0.784. The van der Waals surface area contributed by atoms with Gasteiger partial charge >= 0.3 is 5.69 Å². The van der Waals surface area contributed by atoms with Crippen molar-refractivity contribution in [1.82, 2.24) is 0 Å². The number of hydrogen-bond donors (Lipinski definition) is 2. The highest BCUT2D eigenvalue weighted by Gasteiger charge is 2.18. The van der Waals surface area contributed by atoms with Gasteiger partial charge in [0.1, 0.15) is 5.69 Å². The molecule has 0 aliphatic rings. The normalized spacial score (nSPS) is 10.7. The molecular formula is C13H9ClN4O5. The lowest BCUT2D eigenvalue weighted by atomic mass is 10.2. The zero-order valence-electron chi connectivity index (χ0n) is 11.3. The minimum absolute atomic E-state index is 0.00437. The van der Waals surface area contributed by atoms with Gasteiger partial charge in [0.15, 0.2) is 0 Å². The van der Waals surface area contributed by atoms with Crippen LogP contribution in [0, 0.1) is 20.2 Å². The maximum absolute atomic E-state index is 10.9. The van der Waals surface area contributed by atoms with E-state index in [0.717, 1.165) is 12.3 Å². The maximum Gasteiger partial charge on any atom is 0.312 e. The molecule has 2 aromatic rings. The molecule has 9 nitrogen and oxygen atoms in total. The number of halogens is 1. The summed E-state index contributed by atoms with van der Waals surface area (Å²) in [6.07, 6.45) is 1.07. The number of nitro groups is 2. The van der Waals surface area contributed by atoms with Crippen molar-refractivity contribution in [1.29, 1.82) is 0 Å². The number of hydrazone groups is 1. The van der Waals surface area contributed by atoms with E-state index in [0.29, 0.717) is 0 Å². The molecule has 0 aromatic heterocycles. The second-order valence-corrected chi connectivity index (χ2v) is 4.70. The SMILES string of the molecule is O=[N+]([O-])c1ccccc1N/N=C\c1cc(Cl)cc([N+](=O)[O-])c1O. The number of hydrogen-bond acceptors (Lipinski definition) is 7. The van der Waals surface area contributed by atoms with Crippen LogP contribution >= 0.6 is 11.6 Å². The third kappa shape index (κ3) is 3.71. The Labute approximate surface area is 134 Å². The fourth-order valence-corrected chi connectivity index (χ4v) is 1.96. The fraction of sp³-hybridized carbons (Fsp3) is 0. The van der Waals surface area contributed by atoms with Crippen LogP contribution in [0.1, 0.15) is 5.56 Å². The zero-order valence-corrected chi connectivity index (χ0v) is 12.1. The molecule has 0 saturated carbocycles. The molecular weight excluding hydrogens is 328 g/mol. The van der Waals surface area contributed by atoms with Crippen LogP contribution in [0.25, 0.3) is 0 Å². The Morgan fingerprint density at radius 3 is 2.43 bits per heavy atom. The fourth-order valence-electron chi connectivity index (χ4n) is 1.74. The molecule has 0 unspecified atom stereocenters. The molecule has 23 heavy (non-hydrogen) atoms. The molecule has 0 amide bonds. The summed E-state index contributed by atoms with van der Waals surface area (Å²) in [6, 6.07) is 8.08. The van der Waals surface area contributed by atoms with Crippen molar-refractivity contribution in [3.8, 4) is 5.75 Å². The molecule has 0 radical (unpaired) electrons. The lowest BCUT2D eigenvalue weighted by Crippen LogP contribution is -1.97. The van der Waals surface area contributed by atoms with Gasteiger partial charge in [-0.1, -0.05) is 23.7 Å². The highest BCUT2D eigenvalue weighted by Crippen LogP contribution is 2.32. The predicted octanol–water partition coefficient (Wildman–Crippen LogP) is 3.31. The van der Waals surface area contributed by atoms with E-state index in [4.69, 9.17) is 11.6 Å². The Hall–Kier alpha value is -3.20. The Kier molecular flexibility index (Phi) is 4.72. The van der Waals surface area contributed by atoms with Crippen LogP contribution in [-0.2, 0) is 0 Å². The van der Waals surface area contributed by atoms with Crippen LogP contribution in [0.3, 0.4) is 0 Å². The van der Waals surface area contributed by atoms with Gasteiger partial charge in [0, 0.05) is 22.7 Å². The molecule has 0 fully saturated rings. The van der Waals surface area contributed by atoms with Crippen molar-refractivity contribution in [2.45, 2.75) is 0 Å². The minimum Gasteiger partial charge on any atom is -0.502 e. The number of phenolic OH excluding ortho intramolecular Hbond substituents is 1. The molecule has 0 aliphatic heterocycles. The number of anilines is 1. The van der Waals surface area contributed by atoms with Gasteiger partial charge in [-0.15, -0.1) is 0 Å². The summed E-state index contributed by atoms with van der Waals surface area (Å²) in [4.78, 5) is 20.3. The summed E-state index contributed by atoms with van der Waals surface area (Å²) in [7, 11) is 0. The summed E-state index contributed by atoms with van der Waals surface area (Å²) in [5.74, 6) is -0.604. The smallest absolute Gasteiger partial charge is 0.312 e. The summed E-state index contributed by atoms with van der Waals surface area (Å²) >= 11 is 5.74. The van der Waals surface area contributed by atoms with E-state index < -0.39 is 21.3 Å². The van der Waals surface area contributed by atoms with E-state index >= 15 is 0 Å². The van der Waals surface area contributed by atoms with Gasteiger partial charge in [0.2, 0.25) is 5.75 Å². The average molecular weight is 337 g/mol. The number of benzene rings is 2. The van der Waals surface area contributed by atoms with Crippen molar-refractivity contribution in [3.63, 3.8) is 0 Å². The lowest BCUT2D eigenvalue weighted by Gasteiger charge is -2.03. The van der Waals surface area contributed by atoms with Crippen molar-refractivity contribution >= 4 is 34.9 Å². The van der Waals surface area contributed by atoms with Gasteiger partial charge in [-0.3, -0.25) is 25.7 Å². The average Bonchev–Trinajstić information content (AvgIpc) is 2.50. The second kappa shape index (κ2) is 6.71. The van der Waals surface area contributed by atoms with Crippen LogP contribution in [0.5, 0.6) is 5.75 Å². The van der Waals surface area contributed by atoms with E-state index in [9.17, 15) is 25.3 Å². The molecule has 0 heterocycles. The first-order valence-electron chi connectivity index (χ1n) is 6.09. The van der Waals surface area contributed by atoms with Gasteiger partial charge in [-0.2, -0.15) is 5.10 Å². The standard InChI is InChI=1S/C13H9ClN4O5/c14-9-5-8(13(19)12(6-9)18(22)23)7-15-16-10-3-1-2-4-11(10)17(20)21/h1-7,16,19H/b15-7-. The Morgan fingerprint density at radius 2 is 1.78 bits per heavy atom. The first-order valence-corrected chi connectivity index (χ1v) is 6.47. The molecule has 0 bridgehead atoms. The molecule has 10 heteroatoms. The number of nitrogens with zero attached hydrogens (tertiary/aromatic N) is 3. The van der Waals surface area contributed by atoms with E-state index in [1.807, 2.05) is 0 Å². The Morgan fingerprint density at radius 1 is 1.13 bits per heavy atom. The second-order valence-electron chi connectivity index (χ2n) is 4.26. The first-order chi connectivity index (χ1) is 10.9. The first kappa shape index (κ1) is 16.2. The largest absolute Gasteiger partial charge is 0.502 e. The van der Waals surface area contributed by atoms with Gasteiger partial charge < -0.3 is 5.11 Å². The molecule has 118 valence electrons. The Balaban J connectivity index is 2.29. The van der Waals surface area contributed by atoms with Gasteiger partial charge in [0.25, 0.3) is 5.69 Å². The number of nitro benzene ring substituents is 2. The van der Waals surface area contributed by atoms with Crippen molar-refractivity contribution in [3.05, 3.63) is 67.2 Å². The van der Waals surface area contributed by atoms with E-state index in [-0.39, 0.29) is 22.0 Å². The Bertz CT molecular complexity index is 809. The summed E-state index contributed by atoms with van der Waals surface area (Å²) in [5.41, 5.74) is 1.81. The van der Waals surface area contributed by atoms with Crippen molar-refractivity contribution in [2.24, 2.45) is 5.10 Å². The van der Waals surface area contributed by atoms with E-state index in [2.05, 4.69) is 10.5 Å². The number of phenols is 1. The number of para-hydroxylation sites is 2. The van der Waals surface area contributed by atoms with Crippen LogP contribution < -0.4 is 5.43 Å². The highest BCUT2D eigenvalue weighted by molar-refractivity contribution is 6.31. The topological polar surface area (TPSA) is 131 Å². The predicted molar refractivity (Wildman–Crippen MR) is 84.1 cm³/mol. The van der Waals surface area contributed by atoms with Crippen LogP contribution in [-0.4, -0.2) is 21.2 Å². The summed E-state index contributed by atoms with van der Waals surface area (Å²) in [6.45, 7) is 0. The summed E-state index contributed by atoms with van der Waals surface area (Å²) in [5, 5.41) is 35.2. The van der Waals surface area contributed by atoms with Crippen LogP contribution in [0.2, 0.25) is 5.02 Å². The number of nitrogens with one attached hydrogen (secondary N) is 1. The third-order valence-electron chi connectivity index (χ3n) is 2.77. The maximum atomic E-state index is 10.9. The zero-order chi connectivity index (χ0) is 17.0. The third-order valence-corrected chi connectivity index (χ3v) is 2.99. The van der Waals surface area contributed by atoms with Gasteiger partial charge in [0.05, 0.1) is 16.1 Å². The number of rotatable bonds is 5. The molecule has 0 spiro atoms. The molecule has 2 aromatic carbocycles. The van der Waals surface area contributed by atoms with Crippen LogP contribution in [0.15, 0.2) is 41.5 Å². The van der Waals surface area contributed by atoms with Crippen molar-refractivity contribution < 1.29 is 15.0 Å². The van der Waals surface area contributed by atoms with E-state index in [1.54, 1.807) is 6.07 Å². The molecule has 0 atom stereocenters. The van der Waals surface area contributed by atoms with E-state index in [1.165, 1.54) is 24.3 Å². The molecule has 2 rings (SSSR count). The van der Waals surface area contributed by atoms with Crippen molar-refractivity contribution in [2.75, 3.05) is 5.43 Å². The molecule has 2 N–H and O–H groups in total. The lowest BCUT2D eigenvalue weighted by molar-refractivity contribution is -0.385. The van der Waals surface area contributed by atoms with Gasteiger partial charge in [-0.25, -0.2) is 0 Å². The quantitative estimate of drug-likeness (QED) is 0.489.